The maximum atomic E-state index is 10.7. The van der Waals surface area contributed by atoms with Crippen molar-refractivity contribution in [3.8, 4) is 0 Å². The lowest BCUT2D eigenvalue weighted by atomic mass is 10.3. The summed E-state index contributed by atoms with van der Waals surface area (Å²) in [5.41, 5.74) is 5.91. The fourth-order valence-electron chi connectivity index (χ4n) is 1.60. The molecule has 6 heteroatoms. The van der Waals surface area contributed by atoms with Crippen molar-refractivity contribution in [3.05, 3.63) is 36.0 Å². The fraction of sp³-hybridized carbons (Fsp3) is 0.333. The molecule has 0 aromatic carbocycles. The molecule has 0 spiro atoms. The number of rotatable bonds is 6. The van der Waals surface area contributed by atoms with Crippen molar-refractivity contribution in [1.82, 2.24) is 9.78 Å². The molecule has 96 valence electrons. The molecule has 0 fully saturated rings. The molecule has 2 aromatic heterocycles. The van der Waals surface area contributed by atoms with Gasteiger partial charge in [-0.1, -0.05) is 6.92 Å². The topological polar surface area (TPSA) is 86.1 Å². The molecule has 18 heavy (non-hydrogen) atoms. The lowest BCUT2D eigenvalue weighted by Gasteiger charge is -2.00. The predicted molar refractivity (Wildman–Crippen MR) is 66.8 cm³/mol. The second-order valence-electron chi connectivity index (χ2n) is 3.97. The van der Waals surface area contributed by atoms with Gasteiger partial charge in [0.1, 0.15) is 18.1 Å². The lowest BCUT2D eigenvalue weighted by Crippen LogP contribution is -2.18. The van der Waals surface area contributed by atoms with Crippen LogP contribution in [-0.2, 0) is 24.3 Å². The van der Waals surface area contributed by atoms with Gasteiger partial charge in [0.2, 0.25) is 5.91 Å². The Balaban J connectivity index is 1.89. The van der Waals surface area contributed by atoms with Crippen LogP contribution < -0.4 is 11.1 Å². The largest absolute Gasteiger partial charge is 0.464 e. The molecule has 0 bridgehead atoms. The third kappa shape index (κ3) is 3.13. The second-order valence-corrected chi connectivity index (χ2v) is 3.97. The van der Waals surface area contributed by atoms with Crippen LogP contribution in [0.1, 0.15) is 18.4 Å². The summed E-state index contributed by atoms with van der Waals surface area (Å²) in [5.74, 6) is 1.42. The van der Waals surface area contributed by atoms with E-state index in [1.165, 1.54) is 4.68 Å². The molecular weight excluding hydrogens is 232 g/mol. The van der Waals surface area contributed by atoms with Crippen LogP contribution in [0.25, 0.3) is 0 Å². The molecule has 0 aliphatic rings. The van der Waals surface area contributed by atoms with Crippen LogP contribution >= 0.6 is 0 Å². The van der Waals surface area contributed by atoms with Gasteiger partial charge in [-0.25, -0.2) is 0 Å². The Morgan fingerprint density at radius 2 is 2.28 bits per heavy atom. The Kier molecular flexibility index (Phi) is 3.66. The van der Waals surface area contributed by atoms with Crippen molar-refractivity contribution in [2.24, 2.45) is 5.73 Å². The van der Waals surface area contributed by atoms with Crippen molar-refractivity contribution in [2.45, 2.75) is 26.4 Å². The first-order valence-electron chi connectivity index (χ1n) is 5.79. The number of amides is 1. The Morgan fingerprint density at radius 3 is 2.94 bits per heavy atom. The highest BCUT2D eigenvalue weighted by Crippen LogP contribution is 2.11. The third-order valence-corrected chi connectivity index (χ3v) is 2.48. The molecule has 0 atom stereocenters. The maximum Gasteiger partial charge on any atom is 0.239 e. The summed E-state index contributed by atoms with van der Waals surface area (Å²) in [5, 5.41) is 7.18. The van der Waals surface area contributed by atoms with Gasteiger partial charge in [-0.15, -0.1) is 0 Å². The summed E-state index contributed by atoms with van der Waals surface area (Å²) in [6.07, 6.45) is 4.26. The molecule has 6 nitrogen and oxygen atoms in total. The number of furan rings is 1. The van der Waals surface area contributed by atoms with Crippen LogP contribution in [0.4, 0.5) is 5.69 Å². The van der Waals surface area contributed by atoms with Crippen LogP contribution in [0.3, 0.4) is 0 Å². The molecule has 0 unspecified atom stereocenters. The summed E-state index contributed by atoms with van der Waals surface area (Å²) in [6, 6.07) is 3.91. The number of anilines is 1. The lowest BCUT2D eigenvalue weighted by molar-refractivity contribution is -0.118. The summed E-state index contributed by atoms with van der Waals surface area (Å²) in [7, 11) is 0. The number of nitrogens with two attached hydrogens (primary N) is 1. The van der Waals surface area contributed by atoms with E-state index in [1.54, 1.807) is 12.4 Å². The maximum absolute atomic E-state index is 10.7. The van der Waals surface area contributed by atoms with E-state index >= 15 is 0 Å². The Labute approximate surface area is 105 Å². The van der Waals surface area contributed by atoms with Gasteiger partial charge in [0.25, 0.3) is 0 Å². The first-order valence-corrected chi connectivity index (χ1v) is 5.79. The molecule has 2 rings (SSSR count). The highest BCUT2D eigenvalue weighted by atomic mass is 16.3. The van der Waals surface area contributed by atoms with Gasteiger partial charge in [0.15, 0.2) is 0 Å². The molecule has 0 aliphatic heterocycles. The molecule has 0 saturated carbocycles. The average molecular weight is 248 g/mol. The molecule has 1 amide bonds. The van der Waals surface area contributed by atoms with Crippen LogP contribution in [0.2, 0.25) is 0 Å². The SMILES string of the molecule is CCc1ccc(CNc2cnn(CC(N)=O)c2)o1. The van der Waals surface area contributed by atoms with E-state index in [0.29, 0.717) is 6.54 Å². The number of aryl methyl sites for hydroxylation is 1. The summed E-state index contributed by atoms with van der Waals surface area (Å²) in [6.45, 7) is 2.72. The number of carbonyl (C=O) groups excluding carboxylic acids is 1. The van der Waals surface area contributed by atoms with Crippen LogP contribution in [0.15, 0.2) is 28.9 Å². The van der Waals surface area contributed by atoms with Crippen LogP contribution in [0, 0.1) is 0 Å². The van der Waals surface area contributed by atoms with Crippen molar-refractivity contribution in [2.75, 3.05) is 5.32 Å². The van der Waals surface area contributed by atoms with E-state index < -0.39 is 5.91 Å². The van der Waals surface area contributed by atoms with E-state index in [0.717, 1.165) is 23.6 Å². The van der Waals surface area contributed by atoms with Gasteiger partial charge in [0.05, 0.1) is 18.4 Å². The van der Waals surface area contributed by atoms with Crippen molar-refractivity contribution >= 4 is 11.6 Å². The summed E-state index contributed by atoms with van der Waals surface area (Å²) >= 11 is 0. The summed E-state index contributed by atoms with van der Waals surface area (Å²) < 4.78 is 7.05. The van der Waals surface area contributed by atoms with Crippen LogP contribution in [-0.4, -0.2) is 15.7 Å². The Bertz CT molecular complexity index is 530. The highest BCUT2D eigenvalue weighted by Gasteiger charge is 2.03. The van der Waals surface area contributed by atoms with E-state index in [2.05, 4.69) is 10.4 Å². The molecule has 0 aliphatic carbocycles. The normalized spacial score (nSPS) is 10.5. The summed E-state index contributed by atoms with van der Waals surface area (Å²) in [4.78, 5) is 10.7. The Morgan fingerprint density at radius 1 is 1.50 bits per heavy atom. The smallest absolute Gasteiger partial charge is 0.239 e. The number of hydrogen-bond donors (Lipinski definition) is 2. The van der Waals surface area contributed by atoms with E-state index in [-0.39, 0.29) is 6.54 Å². The molecule has 2 aromatic rings. The second kappa shape index (κ2) is 5.39. The number of carbonyl (C=O) groups is 1. The minimum Gasteiger partial charge on any atom is -0.464 e. The van der Waals surface area contributed by atoms with Crippen molar-refractivity contribution < 1.29 is 9.21 Å². The minimum absolute atomic E-state index is 0.0857. The predicted octanol–water partition coefficient (Wildman–Crippen LogP) is 1.14. The van der Waals surface area contributed by atoms with E-state index in [4.69, 9.17) is 10.2 Å². The van der Waals surface area contributed by atoms with Gasteiger partial charge in [-0.2, -0.15) is 5.10 Å². The first kappa shape index (κ1) is 12.2. The quantitative estimate of drug-likeness (QED) is 0.802. The van der Waals surface area contributed by atoms with Gasteiger partial charge >= 0.3 is 0 Å². The molecule has 0 radical (unpaired) electrons. The number of hydrogen-bond acceptors (Lipinski definition) is 4. The number of aromatic nitrogens is 2. The van der Waals surface area contributed by atoms with Gasteiger partial charge in [-0.3, -0.25) is 9.48 Å². The minimum atomic E-state index is -0.414. The van der Waals surface area contributed by atoms with Crippen molar-refractivity contribution in [1.29, 1.82) is 0 Å². The van der Waals surface area contributed by atoms with Gasteiger partial charge in [-0.05, 0) is 12.1 Å². The van der Waals surface area contributed by atoms with E-state index in [1.807, 2.05) is 19.1 Å². The molecule has 2 heterocycles. The zero-order valence-electron chi connectivity index (χ0n) is 10.2. The van der Waals surface area contributed by atoms with Gasteiger partial charge in [0, 0.05) is 12.6 Å². The molecule has 3 N–H and O–H groups in total. The zero-order valence-corrected chi connectivity index (χ0v) is 10.2. The van der Waals surface area contributed by atoms with Crippen molar-refractivity contribution in [3.63, 3.8) is 0 Å². The number of nitrogens with one attached hydrogen (secondary N) is 1. The van der Waals surface area contributed by atoms with E-state index in [9.17, 15) is 4.79 Å². The molecule has 0 saturated heterocycles. The highest BCUT2D eigenvalue weighted by molar-refractivity contribution is 5.73. The average Bonchev–Trinajstić information content (AvgIpc) is 2.94. The third-order valence-electron chi connectivity index (χ3n) is 2.48. The standard InChI is InChI=1S/C12H16N4O2/c1-2-10-3-4-11(18-10)6-14-9-5-15-16(7-9)8-12(13)17/h3-5,7,14H,2,6,8H2,1H3,(H2,13,17). The zero-order chi connectivity index (χ0) is 13.0. The molecular formula is C12H16N4O2. The Hall–Kier alpha value is -2.24. The van der Waals surface area contributed by atoms with Crippen LogP contribution in [0.5, 0.6) is 0 Å². The first-order chi connectivity index (χ1) is 8.67. The number of primary amides is 1. The van der Waals surface area contributed by atoms with Gasteiger partial charge < -0.3 is 15.5 Å². The number of nitrogens with zero attached hydrogens (tertiary/aromatic N) is 2. The fourth-order valence-corrected chi connectivity index (χ4v) is 1.60. The monoisotopic (exact) mass is 248 g/mol.